The van der Waals surface area contributed by atoms with Crippen LogP contribution in [0.3, 0.4) is 0 Å². The van der Waals surface area contributed by atoms with Crippen molar-refractivity contribution in [3.63, 3.8) is 0 Å². The van der Waals surface area contributed by atoms with Gasteiger partial charge >= 0.3 is 0 Å². The van der Waals surface area contributed by atoms with Gasteiger partial charge < -0.3 is 10.6 Å². The topological polar surface area (TPSA) is 54.0 Å². The lowest BCUT2D eigenvalue weighted by atomic mass is 10.0. The van der Waals surface area contributed by atoms with Crippen LogP contribution in [-0.4, -0.2) is 30.0 Å². The minimum atomic E-state index is -0.00680. The number of carbonyl (C=O) groups excluding carboxylic acids is 1. The smallest absolute Gasteiger partial charge is 0.253 e. The summed E-state index contributed by atoms with van der Waals surface area (Å²) in [5.41, 5.74) is 2.40. The lowest BCUT2D eigenvalue weighted by Crippen LogP contribution is -2.42. The molecule has 20 heavy (non-hydrogen) atoms. The predicted octanol–water partition coefficient (Wildman–Crippen LogP) is 2.03. The van der Waals surface area contributed by atoms with Gasteiger partial charge in [0.15, 0.2) is 0 Å². The summed E-state index contributed by atoms with van der Waals surface area (Å²) >= 11 is 0. The van der Waals surface area contributed by atoms with E-state index in [4.69, 9.17) is 0 Å². The van der Waals surface area contributed by atoms with Crippen LogP contribution in [0, 0.1) is 6.92 Å². The van der Waals surface area contributed by atoms with Gasteiger partial charge in [0.1, 0.15) is 0 Å². The van der Waals surface area contributed by atoms with Gasteiger partial charge in [0, 0.05) is 11.4 Å². The van der Waals surface area contributed by atoms with Gasteiger partial charge in [0.25, 0.3) is 5.91 Å². The van der Waals surface area contributed by atoms with Crippen molar-refractivity contribution in [2.75, 3.05) is 13.1 Å². The molecule has 0 saturated carbocycles. The van der Waals surface area contributed by atoms with Crippen LogP contribution in [0.15, 0.2) is 30.3 Å². The maximum absolute atomic E-state index is 12.4. The van der Waals surface area contributed by atoms with E-state index < -0.39 is 0 Å². The second-order valence-electron chi connectivity index (χ2n) is 5.31. The number of aryl methyl sites for hydroxylation is 1. The van der Waals surface area contributed by atoms with Crippen LogP contribution in [0.2, 0.25) is 0 Å². The van der Waals surface area contributed by atoms with Gasteiger partial charge in [-0.1, -0.05) is 18.2 Å². The maximum atomic E-state index is 12.4. The molecule has 0 atom stereocenters. The van der Waals surface area contributed by atoms with Gasteiger partial charge in [-0.3, -0.25) is 9.78 Å². The molecule has 0 radical (unpaired) electrons. The van der Waals surface area contributed by atoms with Gasteiger partial charge in [0.2, 0.25) is 0 Å². The molecule has 3 rings (SSSR count). The second kappa shape index (κ2) is 5.59. The molecule has 4 nitrogen and oxygen atoms in total. The first-order valence-corrected chi connectivity index (χ1v) is 7.12. The first kappa shape index (κ1) is 13.1. The third-order valence-corrected chi connectivity index (χ3v) is 3.83. The largest absolute Gasteiger partial charge is 0.349 e. The number of rotatable bonds is 2. The molecule has 1 aromatic heterocycles. The minimum Gasteiger partial charge on any atom is -0.349 e. The third kappa shape index (κ3) is 2.65. The standard InChI is InChI=1S/C16H19N3O/c1-11-14(10-12-4-2-3-5-15(12)18-11)16(20)19-13-6-8-17-9-7-13/h2-5,10,13,17H,6-9H2,1H3,(H,19,20). The first-order chi connectivity index (χ1) is 9.74. The Balaban J connectivity index is 1.84. The number of piperidine rings is 1. The Morgan fingerprint density at radius 2 is 2.05 bits per heavy atom. The van der Waals surface area contributed by atoms with Crippen LogP contribution in [0.1, 0.15) is 28.9 Å². The molecule has 1 saturated heterocycles. The van der Waals surface area contributed by atoms with E-state index >= 15 is 0 Å². The molecule has 104 valence electrons. The molecule has 2 aromatic rings. The molecule has 1 aliphatic heterocycles. The number of aromatic nitrogens is 1. The van der Waals surface area contributed by atoms with Gasteiger partial charge in [-0.15, -0.1) is 0 Å². The average Bonchev–Trinajstić information content (AvgIpc) is 2.47. The van der Waals surface area contributed by atoms with Crippen molar-refractivity contribution < 1.29 is 4.79 Å². The van der Waals surface area contributed by atoms with E-state index in [0.29, 0.717) is 5.56 Å². The molecule has 0 unspecified atom stereocenters. The summed E-state index contributed by atoms with van der Waals surface area (Å²) in [4.78, 5) is 16.9. The second-order valence-corrected chi connectivity index (χ2v) is 5.31. The fourth-order valence-corrected chi connectivity index (χ4v) is 2.67. The Morgan fingerprint density at radius 1 is 1.30 bits per heavy atom. The lowest BCUT2D eigenvalue weighted by molar-refractivity contribution is 0.0928. The zero-order chi connectivity index (χ0) is 13.9. The summed E-state index contributed by atoms with van der Waals surface area (Å²) in [5, 5.41) is 7.43. The highest BCUT2D eigenvalue weighted by atomic mass is 16.1. The number of nitrogens with one attached hydrogen (secondary N) is 2. The Bertz CT molecular complexity index is 633. The number of fused-ring (bicyclic) bond motifs is 1. The zero-order valence-electron chi connectivity index (χ0n) is 11.6. The van der Waals surface area contributed by atoms with Crippen molar-refractivity contribution in [2.45, 2.75) is 25.8 Å². The number of para-hydroxylation sites is 1. The van der Waals surface area contributed by atoms with Crippen LogP contribution in [-0.2, 0) is 0 Å². The molecule has 0 bridgehead atoms. The summed E-state index contributed by atoms with van der Waals surface area (Å²) in [5.74, 6) is -0.00680. The number of nitrogens with zero attached hydrogens (tertiary/aromatic N) is 1. The van der Waals surface area contributed by atoms with Gasteiger partial charge in [-0.25, -0.2) is 0 Å². The van der Waals surface area contributed by atoms with Gasteiger partial charge in [-0.05, 0) is 45.0 Å². The van der Waals surface area contributed by atoms with Crippen molar-refractivity contribution in [1.82, 2.24) is 15.6 Å². The van der Waals surface area contributed by atoms with Crippen molar-refractivity contribution in [3.8, 4) is 0 Å². The number of hydrogen-bond donors (Lipinski definition) is 2. The quantitative estimate of drug-likeness (QED) is 0.877. The van der Waals surface area contributed by atoms with E-state index in [9.17, 15) is 4.79 Å². The van der Waals surface area contributed by atoms with Crippen LogP contribution >= 0.6 is 0 Å². The molecule has 4 heteroatoms. The molecular formula is C16H19N3O. The SMILES string of the molecule is Cc1nc2ccccc2cc1C(=O)NC1CCNCC1. The van der Waals surface area contributed by atoms with Crippen molar-refractivity contribution in [2.24, 2.45) is 0 Å². The summed E-state index contributed by atoms with van der Waals surface area (Å²) in [6.45, 7) is 3.84. The van der Waals surface area contributed by atoms with Crippen LogP contribution < -0.4 is 10.6 Å². The number of benzene rings is 1. The van der Waals surface area contributed by atoms with Crippen LogP contribution in [0.25, 0.3) is 10.9 Å². The summed E-state index contributed by atoms with van der Waals surface area (Å²) in [6, 6.07) is 10.1. The van der Waals surface area contributed by atoms with Gasteiger partial charge in [0.05, 0.1) is 16.8 Å². The van der Waals surface area contributed by atoms with E-state index in [0.717, 1.165) is 42.5 Å². The molecule has 2 heterocycles. The zero-order valence-corrected chi connectivity index (χ0v) is 11.6. The Hall–Kier alpha value is -1.94. The monoisotopic (exact) mass is 269 g/mol. The number of hydrogen-bond acceptors (Lipinski definition) is 3. The highest BCUT2D eigenvalue weighted by Crippen LogP contribution is 2.16. The van der Waals surface area contributed by atoms with Crippen molar-refractivity contribution >= 4 is 16.8 Å². The summed E-state index contributed by atoms with van der Waals surface area (Å²) in [6.07, 6.45) is 1.98. The Kier molecular flexibility index (Phi) is 3.65. The van der Waals surface area contributed by atoms with E-state index in [1.165, 1.54) is 0 Å². The number of carbonyl (C=O) groups is 1. The van der Waals surface area contributed by atoms with E-state index in [-0.39, 0.29) is 11.9 Å². The first-order valence-electron chi connectivity index (χ1n) is 7.12. The minimum absolute atomic E-state index is 0.00680. The average molecular weight is 269 g/mol. The van der Waals surface area contributed by atoms with Crippen molar-refractivity contribution in [1.29, 1.82) is 0 Å². The van der Waals surface area contributed by atoms with Gasteiger partial charge in [-0.2, -0.15) is 0 Å². The molecule has 1 amide bonds. The molecule has 0 aliphatic carbocycles. The fourth-order valence-electron chi connectivity index (χ4n) is 2.67. The molecule has 2 N–H and O–H groups in total. The van der Waals surface area contributed by atoms with Crippen molar-refractivity contribution in [3.05, 3.63) is 41.6 Å². The Labute approximate surface area is 118 Å². The molecular weight excluding hydrogens is 250 g/mol. The molecule has 1 aliphatic rings. The fraction of sp³-hybridized carbons (Fsp3) is 0.375. The molecule has 0 spiro atoms. The number of pyridine rings is 1. The predicted molar refractivity (Wildman–Crippen MR) is 79.8 cm³/mol. The molecule has 1 fully saturated rings. The summed E-state index contributed by atoms with van der Waals surface area (Å²) in [7, 11) is 0. The molecule has 1 aromatic carbocycles. The Morgan fingerprint density at radius 3 is 2.85 bits per heavy atom. The normalized spacial score (nSPS) is 16.2. The van der Waals surface area contributed by atoms with Crippen LogP contribution in [0.4, 0.5) is 0 Å². The van der Waals surface area contributed by atoms with E-state index in [1.807, 2.05) is 37.3 Å². The highest BCUT2D eigenvalue weighted by Gasteiger charge is 2.18. The highest BCUT2D eigenvalue weighted by molar-refractivity contribution is 5.98. The van der Waals surface area contributed by atoms with E-state index in [2.05, 4.69) is 15.6 Å². The lowest BCUT2D eigenvalue weighted by Gasteiger charge is -2.24. The van der Waals surface area contributed by atoms with Crippen LogP contribution in [0.5, 0.6) is 0 Å². The maximum Gasteiger partial charge on any atom is 0.253 e. The summed E-state index contributed by atoms with van der Waals surface area (Å²) < 4.78 is 0. The number of amides is 1. The van der Waals surface area contributed by atoms with E-state index in [1.54, 1.807) is 0 Å². The third-order valence-electron chi connectivity index (χ3n) is 3.83.